The highest BCUT2D eigenvalue weighted by molar-refractivity contribution is 5.95. The molecule has 0 amide bonds. The SMILES string of the molecule is COc1ccc(C(OC[C@H]2O[C@@H](n3ccc(=O)n(C(=O)c4ccccc4)c3=O)[C@H](O)[C@@H]2O)(c2ccccc2)c2ccc(OC)cc2)cc1. The molecule has 6 rings (SSSR count). The summed E-state index contributed by atoms with van der Waals surface area (Å²) in [5.41, 5.74) is -0.721. The van der Waals surface area contributed by atoms with Crippen LogP contribution in [0.25, 0.3) is 0 Å². The van der Waals surface area contributed by atoms with Crippen LogP contribution < -0.4 is 20.7 Å². The summed E-state index contributed by atoms with van der Waals surface area (Å²) < 4.78 is 25.1. The lowest BCUT2D eigenvalue weighted by Gasteiger charge is -2.37. The first-order valence-corrected chi connectivity index (χ1v) is 15.2. The van der Waals surface area contributed by atoms with Gasteiger partial charge in [0.25, 0.3) is 11.5 Å². The van der Waals surface area contributed by atoms with Gasteiger partial charge in [0.15, 0.2) is 6.23 Å². The second-order valence-electron chi connectivity index (χ2n) is 11.2. The number of hydrogen-bond acceptors (Lipinski definition) is 9. The van der Waals surface area contributed by atoms with Crippen molar-refractivity contribution in [2.75, 3.05) is 20.8 Å². The van der Waals surface area contributed by atoms with Gasteiger partial charge in [0, 0.05) is 17.8 Å². The average molecular weight is 651 g/mol. The Balaban J connectivity index is 1.37. The summed E-state index contributed by atoms with van der Waals surface area (Å²) in [7, 11) is 3.16. The van der Waals surface area contributed by atoms with Crippen LogP contribution in [-0.2, 0) is 15.1 Å². The summed E-state index contributed by atoms with van der Waals surface area (Å²) in [6, 6.07) is 33.2. The Labute approximate surface area is 275 Å². The minimum atomic E-state index is -1.60. The smallest absolute Gasteiger partial charge is 0.340 e. The zero-order valence-corrected chi connectivity index (χ0v) is 26.2. The predicted molar refractivity (Wildman–Crippen MR) is 175 cm³/mol. The van der Waals surface area contributed by atoms with E-state index in [1.807, 2.05) is 78.9 Å². The molecule has 0 spiro atoms. The molecule has 0 bridgehead atoms. The molecule has 11 nitrogen and oxygen atoms in total. The fourth-order valence-electron chi connectivity index (χ4n) is 5.96. The number of aliphatic hydroxyl groups excluding tert-OH is 2. The Hall–Kier alpha value is -5.33. The molecule has 0 unspecified atom stereocenters. The molecule has 2 heterocycles. The van der Waals surface area contributed by atoms with E-state index in [9.17, 15) is 24.6 Å². The molecule has 1 aromatic heterocycles. The van der Waals surface area contributed by atoms with Gasteiger partial charge in [-0.15, -0.1) is 0 Å². The third-order valence-corrected chi connectivity index (χ3v) is 8.48. The van der Waals surface area contributed by atoms with E-state index in [1.54, 1.807) is 32.4 Å². The fourth-order valence-corrected chi connectivity index (χ4v) is 5.96. The molecule has 0 radical (unpaired) electrons. The highest BCUT2D eigenvalue weighted by Crippen LogP contribution is 2.42. The monoisotopic (exact) mass is 650 g/mol. The van der Waals surface area contributed by atoms with Gasteiger partial charge in [0.2, 0.25) is 0 Å². The van der Waals surface area contributed by atoms with Crippen LogP contribution in [0.1, 0.15) is 33.3 Å². The summed E-state index contributed by atoms with van der Waals surface area (Å²) in [5, 5.41) is 22.3. The van der Waals surface area contributed by atoms with E-state index in [1.165, 1.54) is 12.1 Å². The van der Waals surface area contributed by atoms with Gasteiger partial charge in [-0.05, 0) is 53.1 Å². The molecule has 1 aliphatic heterocycles. The molecule has 0 saturated carbocycles. The number of rotatable bonds is 10. The second kappa shape index (κ2) is 13.8. The van der Waals surface area contributed by atoms with Gasteiger partial charge in [0.05, 0.1) is 20.8 Å². The standard InChI is InChI=1S/C37H34N2O9/c1-45-28-17-13-26(14-18-28)37(25-11-7-4-8-12-25,27-15-19-29(46-2)20-16-27)47-23-30-32(41)33(42)35(48-30)38-22-21-31(40)39(36(38)44)34(43)24-9-5-3-6-10-24/h3-22,30,32-33,35,41-42H,23H2,1-2H3/t30-,32-,33-,35-/m1/s1. The van der Waals surface area contributed by atoms with Crippen LogP contribution in [0.4, 0.5) is 0 Å². The van der Waals surface area contributed by atoms with Crippen LogP contribution in [0.2, 0.25) is 0 Å². The van der Waals surface area contributed by atoms with Crippen molar-refractivity contribution in [3.63, 3.8) is 0 Å². The molecular weight excluding hydrogens is 616 g/mol. The zero-order valence-electron chi connectivity index (χ0n) is 26.2. The Morgan fingerprint density at radius 2 is 1.25 bits per heavy atom. The van der Waals surface area contributed by atoms with Gasteiger partial charge in [0.1, 0.15) is 35.4 Å². The summed E-state index contributed by atoms with van der Waals surface area (Å²) in [4.78, 5) is 39.3. The van der Waals surface area contributed by atoms with Crippen LogP contribution in [0, 0.1) is 0 Å². The number of methoxy groups -OCH3 is 2. The maximum absolute atomic E-state index is 13.5. The molecule has 1 fully saturated rings. The molecule has 246 valence electrons. The third-order valence-electron chi connectivity index (χ3n) is 8.48. The second-order valence-corrected chi connectivity index (χ2v) is 11.2. The Morgan fingerprint density at radius 1 is 0.729 bits per heavy atom. The van der Waals surface area contributed by atoms with E-state index in [0.717, 1.165) is 33.5 Å². The number of carbonyl (C=O) groups excluding carboxylic acids is 1. The van der Waals surface area contributed by atoms with E-state index in [-0.39, 0.29) is 12.2 Å². The van der Waals surface area contributed by atoms with Gasteiger partial charge >= 0.3 is 5.69 Å². The quantitative estimate of drug-likeness (QED) is 0.218. The van der Waals surface area contributed by atoms with E-state index in [4.69, 9.17) is 18.9 Å². The molecule has 5 aromatic rings. The molecule has 2 N–H and O–H groups in total. The normalized spacial score (nSPS) is 19.2. The van der Waals surface area contributed by atoms with Crippen molar-refractivity contribution in [2.24, 2.45) is 0 Å². The molecule has 0 aliphatic carbocycles. The van der Waals surface area contributed by atoms with Crippen LogP contribution in [0.3, 0.4) is 0 Å². The van der Waals surface area contributed by atoms with Crippen molar-refractivity contribution in [3.05, 3.63) is 165 Å². The first kappa shape index (κ1) is 32.6. The van der Waals surface area contributed by atoms with Gasteiger partial charge < -0.3 is 29.2 Å². The van der Waals surface area contributed by atoms with Crippen LogP contribution >= 0.6 is 0 Å². The minimum Gasteiger partial charge on any atom is -0.497 e. The first-order chi connectivity index (χ1) is 23.3. The number of hydrogen-bond donors (Lipinski definition) is 2. The lowest BCUT2D eigenvalue weighted by atomic mass is 9.80. The van der Waals surface area contributed by atoms with Crippen molar-refractivity contribution in [1.82, 2.24) is 9.13 Å². The Bertz CT molecular complexity index is 1930. The van der Waals surface area contributed by atoms with Gasteiger partial charge in [-0.25, -0.2) is 4.79 Å². The number of ether oxygens (including phenoxy) is 4. The molecule has 11 heteroatoms. The van der Waals surface area contributed by atoms with Crippen molar-refractivity contribution in [2.45, 2.75) is 30.1 Å². The molecule has 4 atom stereocenters. The van der Waals surface area contributed by atoms with E-state index in [2.05, 4.69) is 0 Å². The number of aliphatic hydroxyl groups is 2. The number of carbonyl (C=O) groups is 1. The maximum Gasteiger partial charge on any atom is 0.340 e. The van der Waals surface area contributed by atoms with Crippen LogP contribution in [0.5, 0.6) is 11.5 Å². The largest absolute Gasteiger partial charge is 0.497 e. The van der Waals surface area contributed by atoms with E-state index >= 15 is 0 Å². The average Bonchev–Trinajstić information content (AvgIpc) is 3.41. The topological polar surface area (TPSA) is 138 Å². The first-order valence-electron chi connectivity index (χ1n) is 15.2. The van der Waals surface area contributed by atoms with Crippen molar-refractivity contribution >= 4 is 5.91 Å². The zero-order chi connectivity index (χ0) is 33.8. The highest BCUT2D eigenvalue weighted by atomic mass is 16.6. The fraction of sp³-hybridized carbons (Fsp3) is 0.216. The summed E-state index contributed by atoms with van der Waals surface area (Å²) in [5.74, 6) is 0.460. The predicted octanol–water partition coefficient (Wildman–Crippen LogP) is 3.34. The van der Waals surface area contributed by atoms with E-state index in [0.29, 0.717) is 16.1 Å². The maximum atomic E-state index is 13.5. The Morgan fingerprint density at radius 3 is 1.79 bits per heavy atom. The number of nitrogens with zero attached hydrogens (tertiary/aromatic N) is 2. The Kier molecular flexibility index (Phi) is 9.37. The number of benzene rings is 4. The lowest BCUT2D eigenvalue weighted by Crippen LogP contribution is -2.46. The van der Waals surface area contributed by atoms with E-state index < -0.39 is 47.3 Å². The summed E-state index contributed by atoms with van der Waals surface area (Å²) >= 11 is 0. The summed E-state index contributed by atoms with van der Waals surface area (Å²) in [6.45, 7) is -0.237. The molecule has 1 saturated heterocycles. The van der Waals surface area contributed by atoms with Gasteiger partial charge in [-0.2, -0.15) is 4.57 Å². The van der Waals surface area contributed by atoms with Crippen LogP contribution in [0.15, 0.2) is 131 Å². The molecule has 4 aromatic carbocycles. The van der Waals surface area contributed by atoms with Gasteiger partial charge in [-0.1, -0.05) is 72.8 Å². The van der Waals surface area contributed by atoms with Crippen molar-refractivity contribution < 1.29 is 34.0 Å². The molecule has 48 heavy (non-hydrogen) atoms. The minimum absolute atomic E-state index is 0.128. The van der Waals surface area contributed by atoms with Crippen LogP contribution in [-0.4, -0.2) is 64.4 Å². The number of aromatic nitrogens is 2. The highest BCUT2D eigenvalue weighted by Gasteiger charge is 2.47. The summed E-state index contributed by atoms with van der Waals surface area (Å²) in [6.07, 6.45) is -4.51. The van der Waals surface area contributed by atoms with Crippen molar-refractivity contribution in [3.8, 4) is 11.5 Å². The lowest BCUT2D eigenvalue weighted by molar-refractivity contribution is -0.0960. The molecular formula is C37H34N2O9. The van der Waals surface area contributed by atoms with Gasteiger partial charge in [-0.3, -0.25) is 14.2 Å². The molecule has 1 aliphatic rings. The van der Waals surface area contributed by atoms with Crippen molar-refractivity contribution in [1.29, 1.82) is 0 Å². The third kappa shape index (κ3) is 5.96.